The number of piperidine rings is 1. The second-order valence-electron chi connectivity index (χ2n) is 8.59. The van der Waals surface area contributed by atoms with E-state index in [1.54, 1.807) is 0 Å². The molecule has 0 bridgehead atoms. The summed E-state index contributed by atoms with van der Waals surface area (Å²) in [5.74, 6) is 0.636. The lowest BCUT2D eigenvalue weighted by Crippen LogP contribution is -2.60. The van der Waals surface area contributed by atoms with Crippen LogP contribution in [-0.4, -0.2) is 61.6 Å². The van der Waals surface area contributed by atoms with Gasteiger partial charge in [-0.1, -0.05) is 6.42 Å². The van der Waals surface area contributed by atoms with Crippen LogP contribution in [0.2, 0.25) is 0 Å². The number of fused-ring (bicyclic) bond motifs is 2. The van der Waals surface area contributed by atoms with E-state index in [1.165, 1.54) is 12.1 Å². The van der Waals surface area contributed by atoms with Gasteiger partial charge in [-0.25, -0.2) is 4.98 Å². The molecular weight excluding hydrogens is 352 g/mol. The number of hydrogen-bond donors (Lipinski definition) is 1. The van der Waals surface area contributed by atoms with Crippen molar-refractivity contribution < 1.29 is 4.79 Å². The van der Waals surface area contributed by atoms with Crippen molar-refractivity contribution in [2.75, 3.05) is 26.2 Å². The number of imidazole rings is 1. The number of aryl methyl sites for hydroxylation is 1. The molecule has 7 nitrogen and oxygen atoms in total. The summed E-state index contributed by atoms with van der Waals surface area (Å²) in [7, 11) is 0. The van der Waals surface area contributed by atoms with Gasteiger partial charge < -0.3 is 14.8 Å². The average molecular weight is 383 g/mol. The van der Waals surface area contributed by atoms with Gasteiger partial charge in [0.15, 0.2) is 0 Å². The van der Waals surface area contributed by atoms with E-state index in [2.05, 4.69) is 19.9 Å². The molecule has 150 valence electrons. The number of rotatable bonds is 5. The summed E-state index contributed by atoms with van der Waals surface area (Å²) < 4.78 is 2.00. The van der Waals surface area contributed by atoms with Crippen molar-refractivity contribution in [2.45, 2.75) is 57.0 Å². The number of carbonyl (C=O) groups is 1. The highest BCUT2D eigenvalue weighted by molar-refractivity contribution is 5.81. The Balaban J connectivity index is 1.27. The summed E-state index contributed by atoms with van der Waals surface area (Å²) in [5.41, 5.74) is 2.19. The Morgan fingerprint density at radius 1 is 1.21 bits per heavy atom. The minimum Gasteiger partial charge on any atom is -0.348 e. The zero-order valence-electron chi connectivity index (χ0n) is 16.5. The van der Waals surface area contributed by atoms with Gasteiger partial charge in [-0.2, -0.15) is 5.10 Å². The van der Waals surface area contributed by atoms with Gasteiger partial charge in [-0.05, 0) is 44.7 Å². The smallest absolute Gasteiger partial charge is 0.226 e. The van der Waals surface area contributed by atoms with Crippen molar-refractivity contribution in [1.29, 1.82) is 0 Å². The molecule has 28 heavy (non-hydrogen) atoms. The quantitative estimate of drug-likeness (QED) is 0.860. The number of nitrogens with zero attached hydrogens (tertiary/aromatic N) is 5. The Labute approximate surface area is 166 Å². The van der Waals surface area contributed by atoms with E-state index in [1.807, 2.05) is 29.5 Å². The largest absolute Gasteiger partial charge is 0.348 e. The summed E-state index contributed by atoms with van der Waals surface area (Å²) in [5, 5.41) is 4.29. The summed E-state index contributed by atoms with van der Waals surface area (Å²) in [6.07, 6.45) is 13.0. The van der Waals surface area contributed by atoms with E-state index in [4.69, 9.17) is 4.98 Å². The highest BCUT2D eigenvalue weighted by atomic mass is 16.2. The van der Waals surface area contributed by atoms with Crippen molar-refractivity contribution in [3.8, 4) is 0 Å². The lowest BCUT2D eigenvalue weighted by molar-refractivity contribution is -0.149. The highest BCUT2D eigenvalue weighted by Crippen LogP contribution is 2.44. The topological polar surface area (TPSA) is 70.1 Å². The number of H-pyrrole nitrogens is 1. The molecule has 2 aromatic rings. The molecule has 1 spiro atoms. The Bertz CT molecular complexity index is 801. The van der Waals surface area contributed by atoms with E-state index in [-0.39, 0.29) is 11.5 Å². The van der Waals surface area contributed by atoms with Gasteiger partial charge in [0.25, 0.3) is 0 Å². The van der Waals surface area contributed by atoms with E-state index in [9.17, 15) is 4.79 Å². The molecule has 1 saturated carbocycles. The second-order valence-corrected chi connectivity index (χ2v) is 8.59. The van der Waals surface area contributed by atoms with Gasteiger partial charge in [0, 0.05) is 56.6 Å². The molecule has 1 N–H and O–H groups in total. The molecule has 1 saturated heterocycles. The Morgan fingerprint density at radius 3 is 2.79 bits per heavy atom. The number of nitrogens with one attached hydrogen (secondary N) is 1. The molecule has 5 rings (SSSR count). The number of hydrogen-bond acceptors (Lipinski definition) is 4. The van der Waals surface area contributed by atoms with Crippen LogP contribution in [0, 0.1) is 5.92 Å². The lowest BCUT2D eigenvalue weighted by atomic mass is 9.76. The van der Waals surface area contributed by atoms with Gasteiger partial charge in [-0.3, -0.25) is 9.48 Å². The first kappa shape index (κ1) is 17.9. The molecule has 3 aliphatic rings. The van der Waals surface area contributed by atoms with E-state index >= 15 is 0 Å². The van der Waals surface area contributed by atoms with Crippen LogP contribution in [0.25, 0.3) is 0 Å². The maximum Gasteiger partial charge on any atom is 0.226 e. The fraction of sp³-hybridized carbons (Fsp3) is 0.667. The molecular formula is C21H30N6O. The van der Waals surface area contributed by atoms with Crippen molar-refractivity contribution >= 4 is 5.91 Å². The van der Waals surface area contributed by atoms with Crippen LogP contribution in [0.5, 0.6) is 0 Å². The molecule has 0 radical (unpaired) electrons. The maximum absolute atomic E-state index is 13.2. The van der Waals surface area contributed by atoms with Gasteiger partial charge in [-0.15, -0.1) is 0 Å². The lowest BCUT2D eigenvalue weighted by Gasteiger charge is -2.52. The van der Waals surface area contributed by atoms with Gasteiger partial charge in [0.2, 0.25) is 5.91 Å². The number of aromatic amines is 1. The van der Waals surface area contributed by atoms with Crippen LogP contribution in [0.15, 0.2) is 24.8 Å². The molecule has 7 heteroatoms. The van der Waals surface area contributed by atoms with Gasteiger partial charge in [0.1, 0.15) is 0 Å². The van der Waals surface area contributed by atoms with Crippen LogP contribution in [0.4, 0.5) is 0 Å². The van der Waals surface area contributed by atoms with Crippen molar-refractivity contribution in [3.05, 3.63) is 36.2 Å². The Kier molecular flexibility index (Phi) is 4.70. The Hall–Kier alpha value is -2.15. The molecule has 0 aromatic carbocycles. The van der Waals surface area contributed by atoms with Gasteiger partial charge >= 0.3 is 0 Å². The predicted molar refractivity (Wildman–Crippen MR) is 106 cm³/mol. The number of aromatic nitrogens is 4. The summed E-state index contributed by atoms with van der Waals surface area (Å²) in [4.78, 5) is 26.0. The standard InChI is InChI=1S/C21H30N6O/c28-20(17-4-1-5-17)27-13-6-18-19(23-16-22-18)21(27)7-14-25(15-8-21)10-3-12-26-11-2-9-24-26/h2,9,11,16-17H,1,3-8,10,12-15H2,(H,22,23). The second kappa shape index (κ2) is 7.35. The molecule has 1 amide bonds. The third kappa shape index (κ3) is 3.05. The van der Waals surface area contributed by atoms with Crippen LogP contribution < -0.4 is 0 Å². The van der Waals surface area contributed by atoms with Crippen LogP contribution in [-0.2, 0) is 23.3 Å². The molecule has 2 fully saturated rings. The fourth-order valence-corrected chi connectivity index (χ4v) is 5.22. The number of likely N-dealkylation sites (tertiary alicyclic amines) is 1. The molecule has 2 aromatic heterocycles. The first-order valence-electron chi connectivity index (χ1n) is 10.8. The monoisotopic (exact) mass is 382 g/mol. The molecule has 0 unspecified atom stereocenters. The predicted octanol–water partition coefficient (Wildman–Crippen LogP) is 2.17. The maximum atomic E-state index is 13.2. The van der Waals surface area contributed by atoms with Crippen LogP contribution in [0.1, 0.15) is 49.9 Å². The minimum absolute atomic E-state index is 0.196. The average Bonchev–Trinajstić information content (AvgIpc) is 3.34. The number of amides is 1. The normalized spacial score (nSPS) is 22.2. The summed E-state index contributed by atoms with van der Waals surface area (Å²) >= 11 is 0. The van der Waals surface area contributed by atoms with Crippen LogP contribution in [0.3, 0.4) is 0 Å². The third-order valence-electron chi connectivity index (χ3n) is 7.09. The highest BCUT2D eigenvalue weighted by Gasteiger charge is 2.50. The van der Waals surface area contributed by atoms with Gasteiger partial charge in [0.05, 0.1) is 17.6 Å². The molecule has 4 heterocycles. The summed E-state index contributed by atoms with van der Waals surface area (Å²) in [6.45, 7) is 4.94. The van der Waals surface area contributed by atoms with E-state index in [0.717, 1.165) is 76.9 Å². The zero-order chi connectivity index (χ0) is 19.0. The van der Waals surface area contributed by atoms with E-state index < -0.39 is 0 Å². The molecule has 1 aliphatic carbocycles. The van der Waals surface area contributed by atoms with Crippen LogP contribution >= 0.6 is 0 Å². The van der Waals surface area contributed by atoms with Crippen molar-refractivity contribution in [3.63, 3.8) is 0 Å². The third-order valence-corrected chi connectivity index (χ3v) is 7.09. The first-order chi connectivity index (χ1) is 13.8. The summed E-state index contributed by atoms with van der Waals surface area (Å²) in [6, 6.07) is 1.98. The van der Waals surface area contributed by atoms with E-state index in [0.29, 0.717) is 5.91 Å². The van der Waals surface area contributed by atoms with Crippen molar-refractivity contribution in [2.24, 2.45) is 5.92 Å². The fourth-order valence-electron chi connectivity index (χ4n) is 5.22. The Morgan fingerprint density at radius 2 is 2.07 bits per heavy atom. The number of carbonyl (C=O) groups excluding carboxylic acids is 1. The zero-order valence-corrected chi connectivity index (χ0v) is 16.5. The molecule has 2 aliphatic heterocycles. The minimum atomic E-state index is -0.196. The first-order valence-corrected chi connectivity index (χ1v) is 10.8. The molecule has 0 atom stereocenters. The SMILES string of the molecule is O=C(C1CCC1)N1CCc2[nH]cnc2C12CCN(CCCn1cccn1)CC2. The van der Waals surface area contributed by atoms with Crippen molar-refractivity contribution in [1.82, 2.24) is 29.5 Å².